The molecule has 1 aromatic heterocycles. The first-order valence-electron chi connectivity index (χ1n) is 11.7. The van der Waals surface area contributed by atoms with Crippen molar-refractivity contribution in [1.29, 1.82) is 0 Å². The number of hydrogen-bond donors (Lipinski definition) is 1. The lowest BCUT2D eigenvalue weighted by atomic mass is 9.75. The Bertz CT molecular complexity index is 1320. The number of carbonyl (C=O) groups is 1. The van der Waals surface area contributed by atoms with E-state index in [0.29, 0.717) is 28.7 Å². The predicted octanol–water partition coefficient (Wildman–Crippen LogP) is 7.28. The third-order valence-corrected chi connectivity index (χ3v) is 7.05. The first kappa shape index (κ1) is 26.7. The lowest BCUT2D eigenvalue weighted by molar-refractivity contribution is -0.614. The van der Waals surface area contributed by atoms with Crippen LogP contribution in [0.15, 0.2) is 61.3 Å². The van der Waals surface area contributed by atoms with Gasteiger partial charge in [0.2, 0.25) is 5.69 Å². The van der Waals surface area contributed by atoms with E-state index in [4.69, 9.17) is 11.6 Å². The molecule has 9 heteroatoms. The van der Waals surface area contributed by atoms with E-state index in [1.54, 1.807) is 24.3 Å². The highest BCUT2D eigenvalue weighted by Crippen LogP contribution is 2.39. The van der Waals surface area contributed by atoms with Crippen LogP contribution in [0.4, 0.5) is 17.6 Å². The van der Waals surface area contributed by atoms with Crippen LogP contribution in [-0.2, 0) is 11.2 Å². The van der Waals surface area contributed by atoms with Gasteiger partial charge in [-0.2, -0.15) is 4.73 Å². The summed E-state index contributed by atoms with van der Waals surface area (Å²) in [6, 6.07) is 11.2. The van der Waals surface area contributed by atoms with Gasteiger partial charge in [-0.15, -0.1) is 0 Å². The number of aliphatic hydroxyl groups excluding tert-OH is 1. The standard InChI is InChI=1S/C28H24ClF4NO3/c1-15(35)18-4-2-16(3-5-18)13-25(36)22(12-17-10-20(30)11-17)24-9-6-19(14-34(24)37)26-21(28(32)33)7-8-23(29)27(26)31/h2-9,14,17,20,22,28,35H,1,10-13H2. The van der Waals surface area contributed by atoms with Crippen LogP contribution >= 0.6 is 11.6 Å². The van der Waals surface area contributed by atoms with Gasteiger partial charge in [-0.3, -0.25) is 4.79 Å². The Kier molecular flexibility index (Phi) is 7.87. The van der Waals surface area contributed by atoms with Gasteiger partial charge in [0.25, 0.3) is 6.43 Å². The monoisotopic (exact) mass is 533 g/mol. The number of halogens is 5. The maximum atomic E-state index is 14.7. The van der Waals surface area contributed by atoms with Crippen LogP contribution in [0, 0.1) is 16.9 Å². The number of hydrogen-bond acceptors (Lipinski definition) is 3. The molecule has 0 radical (unpaired) electrons. The first-order chi connectivity index (χ1) is 17.5. The molecule has 0 bridgehead atoms. The number of Topliss-reactive ketones (excluding diaryl/α,β-unsaturated/α-hetero) is 1. The van der Waals surface area contributed by atoms with Crippen LogP contribution in [0.5, 0.6) is 0 Å². The average Bonchev–Trinajstić information content (AvgIpc) is 2.83. The lowest BCUT2D eigenvalue weighted by Gasteiger charge is -2.31. The van der Waals surface area contributed by atoms with Crippen molar-refractivity contribution in [1.82, 2.24) is 0 Å². The van der Waals surface area contributed by atoms with Crippen LogP contribution in [0.3, 0.4) is 0 Å². The van der Waals surface area contributed by atoms with E-state index in [-0.39, 0.29) is 46.6 Å². The fourth-order valence-electron chi connectivity index (χ4n) is 4.69. The van der Waals surface area contributed by atoms with Crippen molar-refractivity contribution in [2.75, 3.05) is 0 Å². The molecule has 0 amide bonds. The second-order valence-electron chi connectivity index (χ2n) is 9.30. The largest absolute Gasteiger partial charge is 0.618 e. The Hall–Kier alpha value is -3.39. The fraction of sp³-hybridized carbons (Fsp3) is 0.286. The third kappa shape index (κ3) is 5.80. The molecule has 4 nitrogen and oxygen atoms in total. The number of aromatic nitrogens is 1. The van der Waals surface area contributed by atoms with Crippen LogP contribution in [-0.4, -0.2) is 17.1 Å². The van der Waals surface area contributed by atoms with Gasteiger partial charge in [0.05, 0.1) is 10.6 Å². The van der Waals surface area contributed by atoms with E-state index in [2.05, 4.69) is 6.58 Å². The summed E-state index contributed by atoms with van der Waals surface area (Å²) in [6.07, 6.45) is -2.18. The number of alkyl halides is 3. The SMILES string of the molecule is C=C(O)c1ccc(CC(=O)C(CC2CC(F)C2)c2ccc(-c3c(C(F)F)ccc(Cl)c3F)c[n+]2[O-])cc1. The second-order valence-corrected chi connectivity index (χ2v) is 9.71. The highest BCUT2D eigenvalue weighted by Gasteiger charge is 2.37. The molecule has 0 aliphatic heterocycles. The van der Waals surface area contributed by atoms with Crippen LogP contribution < -0.4 is 4.73 Å². The molecule has 1 saturated carbocycles. The number of pyridine rings is 1. The van der Waals surface area contributed by atoms with E-state index in [0.717, 1.165) is 18.3 Å². The van der Waals surface area contributed by atoms with Gasteiger partial charge in [0, 0.05) is 29.2 Å². The van der Waals surface area contributed by atoms with Gasteiger partial charge < -0.3 is 10.3 Å². The molecule has 0 saturated heterocycles. The van der Waals surface area contributed by atoms with Crippen molar-refractivity contribution in [2.45, 2.75) is 44.2 Å². The van der Waals surface area contributed by atoms with E-state index in [1.807, 2.05) is 0 Å². The summed E-state index contributed by atoms with van der Waals surface area (Å²) < 4.78 is 55.7. The number of nitrogens with zero attached hydrogens (tertiary/aromatic N) is 1. The minimum absolute atomic E-state index is 0.0190. The van der Waals surface area contributed by atoms with Crippen molar-refractivity contribution in [3.05, 3.63) is 99.7 Å². The quantitative estimate of drug-likeness (QED) is 0.136. The molecular formula is C28H24ClF4NO3. The van der Waals surface area contributed by atoms with Gasteiger partial charge in [0.15, 0.2) is 12.0 Å². The highest BCUT2D eigenvalue weighted by molar-refractivity contribution is 6.31. The molecule has 1 unspecified atom stereocenters. The Morgan fingerprint density at radius 2 is 1.81 bits per heavy atom. The number of rotatable bonds is 9. The summed E-state index contributed by atoms with van der Waals surface area (Å²) in [5.41, 5.74) is 0.0188. The zero-order valence-corrected chi connectivity index (χ0v) is 20.4. The summed E-state index contributed by atoms with van der Waals surface area (Å²) in [6.45, 7) is 3.45. The van der Waals surface area contributed by atoms with E-state index in [1.165, 1.54) is 12.1 Å². The Morgan fingerprint density at radius 1 is 1.14 bits per heavy atom. The zero-order valence-electron chi connectivity index (χ0n) is 19.6. The molecular weight excluding hydrogens is 510 g/mol. The number of carbonyl (C=O) groups excluding carboxylic acids is 1. The van der Waals surface area contributed by atoms with Crippen LogP contribution in [0.25, 0.3) is 16.9 Å². The van der Waals surface area contributed by atoms with Crippen molar-refractivity contribution in [3.63, 3.8) is 0 Å². The smallest absolute Gasteiger partial charge is 0.264 e. The van der Waals surface area contributed by atoms with Gasteiger partial charge in [0.1, 0.15) is 23.7 Å². The van der Waals surface area contributed by atoms with Crippen LogP contribution in [0.1, 0.15) is 54.0 Å². The van der Waals surface area contributed by atoms with Gasteiger partial charge >= 0.3 is 0 Å². The Balaban J connectivity index is 1.67. The molecule has 4 rings (SSSR count). The Morgan fingerprint density at radius 3 is 2.38 bits per heavy atom. The zero-order chi connectivity index (χ0) is 26.9. The van der Waals surface area contributed by atoms with Crippen molar-refractivity contribution in [2.24, 2.45) is 5.92 Å². The number of ketones is 1. The van der Waals surface area contributed by atoms with Gasteiger partial charge in [-0.1, -0.05) is 48.5 Å². The summed E-state index contributed by atoms with van der Waals surface area (Å²) in [5.74, 6) is -2.43. The average molecular weight is 534 g/mol. The second kappa shape index (κ2) is 10.9. The summed E-state index contributed by atoms with van der Waals surface area (Å²) in [4.78, 5) is 13.3. The molecule has 1 heterocycles. The van der Waals surface area contributed by atoms with Crippen LogP contribution in [0.2, 0.25) is 5.02 Å². The Labute approximate surface area is 216 Å². The minimum atomic E-state index is -3.00. The topological polar surface area (TPSA) is 64.2 Å². The van der Waals surface area contributed by atoms with Gasteiger partial charge in [-0.25, -0.2) is 17.6 Å². The number of benzene rings is 2. The summed E-state index contributed by atoms with van der Waals surface area (Å²) in [7, 11) is 0. The molecule has 3 aromatic rings. The van der Waals surface area contributed by atoms with Gasteiger partial charge in [-0.05, 0) is 42.9 Å². The van der Waals surface area contributed by atoms with Crippen molar-refractivity contribution < 1.29 is 32.2 Å². The van der Waals surface area contributed by atoms with E-state index in [9.17, 15) is 32.7 Å². The third-order valence-electron chi connectivity index (χ3n) is 6.75. The fourth-order valence-corrected chi connectivity index (χ4v) is 4.85. The molecule has 1 aliphatic carbocycles. The van der Waals surface area contributed by atoms with E-state index >= 15 is 0 Å². The normalized spacial score (nSPS) is 17.9. The van der Waals surface area contributed by atoms with Crippen molar-refractivity contribution >= 4 is 23.1 Å². The molecule has 0 spiro atoms. The first-order valence-corrected chi connectivity index (χ1v) is 12.1. The molecule has 37 heavy (non-hydrogen) atoms. The minimum Gasteiger partial charge on any atom is -0.618 e. The summed E-state index contributed by atoms with van der Waals surface area (Å²) in [5, 5.41) is 22.2. The summed E-state index contributed by atoms with van der Waals surface area (Å²) >= 11 is 5.80. The molecule has 1 fully saturated rings. The van der Waals surface area contributed by atoms with Crippen molar-refractivity contribution in [3.8, 4) is 11.1 Å². The van der Waals surface area contributed by atoms with E-state index < -0.39 is 35.5 Å². The predicted molar refractivity (Wildman–Crippen MR) is 133 cm³/mol. The highest BCUT2D eigenvalue weighted by atomic mass is 35.5. The lowest BCUT2D eigenvalue weighted by Crippen LogP contribution is -2.38. The molecule has 1 N–H and O–H groups in total. The molecule has 194 valence electrons. The maximum absolute atomic E-state index is 14.7. The molecule has 1 atom stereocenters. The molecule has 2 aromatic carbocycles. The molecule has 1 aliphatic rings. The maximum Gasteiger partial charge on any atom is 0.264 e. The number of aliphatic hydroxyl groups is 1.